The first-order chi connectivity index (χ1) is 14.4. The highest BCUT2D eigenvalue weighted by atomic mass is 19.4. The number of rotatable bonds is 3. The van der Waals surface area contributed by atoms with Gasteiger partial charge in [0.05, 0.1) is 6.04 Å². The van der Waals surface area contributed by atoms with E-state index in [2.05, 4.69) is 30.6 Å². The molecule has 0 saturated heterocycles. The van der Waals surface area contributed by atoms with Crippen LogP contribution in [0.2, 0.25) is 0 Å². The molecule has 2 amide bonds. The summed E-state index contributed by atoms with van der Waals surface area (Å²) in [7, 11) is 0. The second kappa shape index (κ2) is 7.34. The zero-order valence-electron chi connectivity index (χ0n) is 18.2. The SMILES string of the molecule is CC(NC(=O)C1CC[C@H]2[C@@H]3CCC4NC(=O)C=C[C@]4(C)[C@@H]3CC[C@]12C)C(=O)C(F)(F)F. The summed E-state index contributed by atoms with van der Waals surface area (Å²) in [5, 5.41) is 5.47. The monoisotopic (exact) mass is 440 g/mol. The van der Waals surface area contributed by atoms with E-state index < -0.39 is 23.9 Å². The summed E-state index contributed by atoms with van der Waals surface area (Å²) in [6.07, 6.45) is 3.88. The molecule has 2 N–H and O–H groups in total. The fourth-order valence-electron chi connectivity index (χ4n) is 7.39. The fourth-order valence-corrected chi connectivity index (χ4v) is 7.39. The van der Waals surface area contributed by atoms with Gasteiger partial charge in [-0.15, -0.1) is 0 Å². The number of halogens is 3. The Bertz CT molecular complexity index is 825. The zero-order chi connectivity index (χ0) is 22.8. The summed E-state index contributed by atoms with van der Waals surface area (Å²) in [5.41, 5.74) is -0.386. The molecule has 3 unspecified atom stereocenters. The van der Waals surface area contributed by atoms with Crippen molar-refractivity contribution in [1.82, 2.24) is 10.6 Å². The Balaban J connectivity index is 1.51. The molecule has 0 bridgehead atoms. The minimum Gasteiger partial charge on any atom is -0.349 e. The summed E-state index contributed by atoms with van der Waals surface area (Å²) < 4.78 is 38.2. The van der Waals surface area contributed by atoms with E-state index in [4.69, 9.17) is 0 Å². The number of hydrogen-bond donors (Lipinski definition) is 2. The lowest BCUT2D eigenvalue weighted by Gasteiger charge is -2.58. The molecule has 3 fully saturated rings. The van der Waals surface area contributed by atoms with E-state index in [0.717, 1.165) is 39.0 Å². The second-order valence-electron chi connectivity index (χ2n) is 10.5. The number of ketones is 1. The Morgan fingerprint density at radius 3 is 2.52 bits per heavy atom. The number of alkyl halides is 3. The number of fused-ring (bicyclic) bond motifs is 5. The first kappa shape index (κ1) is 22.3. The van der Waals surface area contributed by atoms with Crippen molar-refractivity contribution in [2.24, 2.45) is 34.5 Å². The van der Waals surface area contributed by atoms with Gasteiger partial charge in [0.1, 0.15) is 0 Å². The molecule has 8 heteroatoms. The van der Waals surface area contributed by atoms with Crippen LogP contribution in [-0.4, -0.2) is 35.9 Å². The van der Waals surface area contributed by atoms with Crippen LogP contribution in [0.3, 0.4) is 0 Å². The molecule has 4 aliphatic rings. The first-order valence-electron chi connectivity index (χ1n) is 11.3. The van der Waals surface area contributed by atoms with Crippen molar-refractivity contribution < 1.29 is 27.6 Å². The largest absolute Gasteiger partial charge is 0.452 e. The van der Waals surface area contributed by atoms with Gasteiger partial charge in [0, 0.05) is 17.4 Å². The molecule has 0 aromatic carbocycles. The summed E-state index contributed by atoms with van der Waals surface area (Å²) in [6.45, 7) is 5.43. The molecule has 0 spiro atoms. The zero-order valence-corrected chi connectivity index (χ0v) is 18.2. The maximum atomic E-state index is 12.9. The van der Waals surface area contributed by atoms with Gasteiger partial charge in [0.25, 0.3) is 5.78 Å². The number of carbonyl (C=O) groups is 3. The predicted octanol–water partition coefficient (Wildman–Crippen LogP) is 3.54. The van der Waals surface area contributed by atoms with Gasteiger partial charge in [0.15, 0.2) is 0 Å². The molecule has 4 rings (SSSR count). The summed E-state index contributed by atoms with van der Waals surface area (Å²) >= 11 is 0. The van der Waals surface area contributed by atoms with Crippen LogP contribution < -0.4 is 10.6 Å². The lowest BCUT2D eigenvalue weighted by atomic mass is 9.48. The van der Waals surface area contributed by atoms with Gasteiger partial charge in [-0.25, -0.2) is 0 Å². The number of Topliss-reactive ketones (excluding diaryl/α,β-unsaturated/α-hetero) is 1. The number of carbonyl (C=O) groups excluding carboxylic acids is 3. The molecular formula is C23H31F3N2O3. The normalized spacial score (nSPS) is 42.6. The Hall–Kier alpha value is -1.86. The van der Waals surface area contributed by atoms with Gasteiger partial charge in [0.2, 0.25) is 11.8 Å². The van der Waals surface area contributed by atoms with Crippen molar-refractivity contribution in [2.45, 2.75) is 77.6 Å². The lowest BCUT2D eigenvalue weighted by Crippen LogP contribution is -2.59. The highest BCUT2D eigenvalue weighted by molar-refractivity contribution is 5.93. The van der Waals surface area contributed by atoms with Gasteiger partial charge in [-0.2, -0.15) is 13.2 Å². The topological polar surface area (TPSA) is 75.3 Å². The number of hydrogen-bond acceptors (Lipinski definition) is 3. The fraction of sp³-hybridized carbons (Fsp3) is 0.783. The molecular weight excluding hydrogens is 409 g/mol. The van der Waals surface area contributed by atoms with Crippen LogP contribution in [0.25, 0.3) is 0 Å². The van der Waals surface area contributed by atoms with Crippen LogP contribution >= 0.6 is 0 Å². The van der Waals surface area contributed by atoms with Crippen molar-refractivity contribution in [2.75, 3.05) is 0 Å². The van der Waals surface area contributed by atoms with Crippen molar-refractivity contribution in [3.63, 3.8) is 0 Å². The Kier molecular flexibility index (Phi) is 5.29. The van der Waals surface area contributed by atoms with Crippen molar-refractivity contribution in [1.29, 1.82) is 0 Å². The highest BCUT2D eigenvalue weighted by Gasteiger charge is 2.61. The molecule has 0 aromatic rings. The molecule has 0 aromatic heterocycles. The third kappa shape index (κ3) is 3.50. The van der Waals surface area contributed by atoms with Crippen LogP contribution in [0, 0.1) is 34.5 Å². The van der Waals surface area contributed by atoms with Crippen LogP contribution in [0.15, 0.2) is 12.2 Å². The second-order valence-corrected chi connectivity index (χ2v) is 10.5. The van der Waals surface area contributed by atoms with E-state index in [1.54, 1.807) is 6.08 Å². The van der Waals surface area contributed by atoms with Gasteiger partial charge < -0.3 is 10.6 Å². The van der Waals surface area contributed by atoms with Crippen molar-refractivity contribution in [3.8, 4) is 0 Å². The summed E-state index contributed by atoms with van der Waals surface area (Å²) in [4.78, 5) is 36.3. The lowest BCUT2D eigenvalue weighted by molar-refractivity contribution is -0.173. The van der Waals surface area contributed by atoms with E-state index >= 15 is 0 Å². The van der Waals surface area contributed by atoms with Crippen LogP contribution in [0.1, 0.15) is 59.3 Å². The van der Waals surface area contributed by atoms with Crippen molar-refractivity contribution in [3.05, 3.63) is 12.2 Å². The van der Waals surface area contributed by atoms with E-state index in [1.165, 1.54) is 0 Å². The smallest absolute Gasteiger partial charge is 0.349 e. The molecule has 3 saturated carbocycles. The van der Waals surface area contributed by atoms with Crippen LogP contribution in [0.4, 0.5) is 13.2 Å². The minimum atomic E-state index is -4.95. The van der Waals surface area contributed by atoms with Crippen LogP contribution in [-0.2, 0) is 14.4 Å². The third-order valence-corrected chi connectivity index (χ3v) is 9.03. The molecule has 31 heavy (non-hydrogen) atoms. The third-order valence-electron chi connectivity index (χ3n) is 9.03. The molecule has 1 aliphatic heterocycles. The van der Waals surface area contributed by atoms with E-state index in [-0.39, 0.29) is 28.7 Å². The quantitative estimate of drug-likeness (QED) is 0.705. The van der Waals surface area contributed by atoms with Gasteiger partial charge >= 0.3 is 6.18 Å². The van der Waals surface area contributed by atoms with Crippen LogP contribution in [0.5, 0.6) is 0 Å². The Labute approximate surface area is 180 Å². The maximum absolute atomic E-state index is 12.9. The van der Waals surface area contributed by atoms with E-state index in [1.807, 2.05) is 0 Å². The molecule has 0 radical (unpaired) electrons. The maximum Gasteiger partial charge on any atom is 0.452 e. The van der Waals surface area contributed by atoms with Crippen molar-refractivity contribution >= 4 is 17.6 Å². The van der Waals surface area contributed by atoms with Gasteiger partial charge in [-0.3, -0.25) is 14.4 Å². The first-order valence-corrected chi connectivity index (χ1v) is 11.3. The van der Waals surface area contributed by atoms with E-state index in [0.29, 0.717) is 24.2 Å². The molecule has 172 valence electrons. The van der Waals surface area contributed by atoms with E-state index in [9.17, 15) is 27.6 Å². The number of nitrogens with one attached hydrogen (secondary N) is 2. The minimum absolute atomic E-state index is 0.0401. The van der Waals surface area contributed by atoms with Gasteiger partial charge in [-0.1, -0.05) is 19.9 Å². The molecule has 3 aliphatic carbocycles. The average Bonchev–Trinajstić information content (AvgIpc) is 3.04. The Morgan fingerprint density at radius 1 is 1.13 bits per heavy atom. The summed E-state index contributed by atoms with van der Waals surface area (Å²) in [5.74, 6) is -1.62. The Morgan fingerprint density at radius 2 is 1.84 bits per heavy atom. The van der Waals surface area contributed by atoms with Gasteiger partial charge in [-0.05, 0) is 74.7 Å². The molecule has 5 nitrogen and oxygen atoms in total. The highest BCUT2D eigenvalue weighted by Crippen LogP contribution is 2.65. The number of amides is 2. The molecule has 8 atom stereocenters. The predicted molar refractivity (Wildman–Crippen MR) is 108 cm³/mol. The average molecular weight is 441 g/mol. The summed E-state index contributed by atoms with van der Waals surface area (Å²) in [6, 6.07) is -1.44. The standard InChI is InChI=1S/C23H31F3N2O3/c1-12(19(30)23(24,25)26)27-20(31)16-6-5-14-13-4-7-17-22(3,11-9-18(29)28-17)15(13)8-10-21(14,16)2/h9,11-17H,4-8,10H2,1-3H3,(H,27,31)(H,28,29)/t12?,13-,14-,15+,16?,17?,21-,22+/m0/s1. The molecule has 1 heterocycles.